The number of aromatic nitrogens is 2. The summed E-state index contributed by atoms with van der Waals surface area (Å²) in [6.45, 7) is 1.49. The molecule has 5 atom stereocenters. The number of nitrogens with zero attached hydrogens (tertiary/aromatic N) is 1. The lowest BCUT2D eigenvalue weighted by Gasteiger charge is -2.35. The number of hydrogen-bond acceptors (Lipinski definition) is 10. The normalized spacial score (nSPS) is 36.8. The molecule has 34 heavy (non-hydrogen) atoms. The van der Waals surface area contributed by atoms with Crippen LogP contribution in [0, 0.1) is 5.41 Å². The molecular weight excluding hydrogens is 469 g/mol. The van der Waals surface area contributed by atoms with Crippen LogP contribution in [-0.2, 0) is 32.4 Å². The number of ether oxygens (including phenoxy) is 2. The zero-order chi connectivity index (χ0) is 24.1. The van der Waals surface area contributed by atoms with E-state index in [4.69, 9.17) is 28.8 Å². The molecule has 4 fully saturated rings. The average molecular weight is 499 g/mol. The molecule has 0 amide bonds. The van der Waals surface area contributed by atoms with Crippen LogP contribution in [0.25, 0.3) is 0 Å². The summed E-state index contributed by atoms with van der Waals surface area (Å²) in [5.74, 6) is -0.209. The van der Waals surface area contributed by atoms with Crippen LogP contribution in [0.4, 0.5) is 0 Å². The summed E-state index contributed by atoms with van der Waals surface area (Å²) in [5, 5.41) is 0. The Bertz CT molecular complexity index is 1110. The van der Waals surface area contributed by atoms with Crippen LogP contribution in [0.1, 0.15) is 58.1 Å². The third kappa shape index (κ3) is 4.43. The van der Waals surface area contributed by atoms with Gasteiger partial charge in [0.1, 0.15) is 18.3 Å². The van der Waals surface area contributed by atoms with Crippen molar-refractivity contribution in [3.05, 3.63) is 33.1 Å². The van der Waals surface area contributed by atoms with Crippen molar-refractivity contribution in [1.29, 1.82) is 0 Å². The highest BCUT2D eigenvalue weighted by molar-refractivity contribution is 7.48. The molecule has 2 saturated carbocycles. The zero-order valence-corrected chi connectivity index (χ0v) is 19.9. The van der Waals surface area contributed by atoms with Gasteiger partial charge in [-0.1, -0.05) is 0 Å². The minimum Gasteiger partial charge on any atom is -0.462 e. The number of aromatic amines is 1. The quantitative estimate of drug-likeness (QED) is 0.414. The third-order valence-corrected chi connectivity index (χ3v) is 8.67. The highest BCUT2D eigenvalue weighted by Crippen LogP contribution is 2.59. The molecule has 3 heterocycles. The molecule has 12 nitrogen and oxygen atoms in total. The molecule has 1 aromatic rings. The van der Waals surface area contributed by atoms with Crippen LogP contribution in [0.2, 0.25) is 0 Å². The number of nitrogens with one attached hydrogen (secondary N) is 1. The van der Waals surface area contributed by atoms with E-state index in [-0.39, 0.29) is 25.3 Å². The number of phosphoric acid groups is 1. The van der Waals surface area contributed by atoms with Gasteiger partial charge in [0.05, 0.1) is 24.2 Å². The van der Waals surface area contributed by atoms with Crippen LogP contribution in [0.3, 0.4) is 0 Å². The molecule has 188 valence electrons. The van der Waals surface area contributed by atoms with Gasteiger partial charge < -0.3 is 15.2 Å². The highest BCUT2D eigenvalue weighted by Gasteiger charge is 2.59. The van der Waals surface area contributed by atoms with Crippen molar-refractivity contribution in [2.75, 3.05) is 13.2 Å². The Hall–Kier alpha value is -1.82. The highest BCUT2D eigenvalue weighted by atomic mass is 31.2. The predicted octanol–water partition coefficient (Wildman–Crippen LogP) is 1.35. The number of carbonyl (C=O) groups is 1. The fraction of sp³-hybridized carbons (Fsp3) is 0.762. The molecule has 13 heteroatoms. The summed E-state index contributed by atoms with van der Waals surface area (Å²) in [7, 11) is -3.98. The van der Waals surface area contributed by atoms with Gasteiger partial charge in [-0.15, -0.1) is 0 Å². The van der Waals surface area contributed by atoms with E-state index in [1.165, 1.54) is 12.3 Å². The number of fused-ring (bicyclic) bond motifs is 1. The van der Waals surface area contributed by atoms with E-state index in [9.17, 15) is 18.9 Å². The predicted molar refractivity (Wildman–Crippen MR) is 117 cm³/mol. The number of hydrogen-bond donors (Lipinski definition) is 2. The Labute approximate surface area is 195 Å². The maximum Gasteiger partial charge on any atom is 0.475 e. The molecule has 2 aliphatic heterocycles. The van der Waals surface area contributed by atoms with E-state index in [0.29, 0.717) is 19.3 Å². The first-order valence-corrected chi connectivity index (χ1v) is 13.1. The van der Waals surface area contributed by atoms with Crippen LogP contribution in [-0.4, -0.2) is 52.6 Å². The molecule has 0 spiro atoms. The molecular formula is C21H30N3O9P. The lowest BCUT2D eigenvalue weighted by atomic mass is 9.93. The first kappa shape index (κ1) is 23.9. The second kappa shape index (κ2) is 8.69. The molecule has 2 saturated heterocycles. The molecule has 0 bridgehead atoms. The third-order valence-electron chi connectivity index (χ3n) is 7.22. The maximum atomic E-state index is 13.2. The molecule has 3 N–H and O–H groups in total. The van der Waals surface area contributed by atoms with Gasteiger partial charge in [-0.05, 0) is 51.9 Å². The van der Waals surface area contributed by atoms with E-state index in [2.05, 4.69) is 4.98 Å². The maximum absolute atomic E-state index is 13.2. The summed E-state index contributed by atoms with van der Waals surface area (Å²) >= 11 is 0. The molecule has 0 unspecified atom stereocenters. The second-order valence-corrected chi connectivity index (χ2v) is 11.5. The van der Waals surface area contributed by atoms with Crippen molar-refractivity contribution in [3.8, 4) is 0 Å². The van der Waals surface area contributed by atoms with E-state index in [0.717, 1.165) is 30.3 Å². The van der Waals surface area contributed by atoms with Crippen LogP contribution in [0.15, 0.2) is 21.9 Å². The van der Waals surface area contributed by atoms with Crippen molar-refractivity contribution in [2.45, 2.75) is 81.9 Å². The smallest absolute Gasteiger partial charge is 0.462 e. The average Bonchev–Trinajstić information content (AvgIpc) is 3.30. The van der Waals surface area contributed by atoms with Gasteiger partial charge in [-0.3, -0.25) is 32.7 Å². The molecule has 2 aliphatic carbocycles. The number of esters is 1. The summed E-state index contributed by atoms with van der Waals surface area (Å²) < 4.78 is 42.4. The fourth-order valence-corrected chi connectivity index (χ4v) is 6.44. The monoisotopic (exact) mass is 499 g/mol. The largest absolute Gasteiger partial charge is 0.475 e. The Balaban J connectivity index is 1.20. The number of rotatable bonds is 7. The molecule has 4 aliphatic rings. The van der Waals surface area contributed by atoms with Crippen molar-refractivity contribution < 1.29 is 32.4 Å². The van der Waals surface area contributed by atoms with Crippen molar-refractivity contribution >= 4 is 13.8 Å². The van der Waals surface area contributed by atoms with Gasteiger partial charge in [-0.25, -0.2) is 9.36 Å². The summed E-state index contributed by atoms with van der Waals surface area (Å²) in [4.78, 5) is 38.4. The standard InChI is InChI=1S/C21H30N3O9P/c1-20(22)16-14(32-17(20)24-10-6-15(25)23-19(24)27)12-30-34(28,33-16)29-11-9-21(7-8-21)18(26)31-13-4-2-3-5-13/h6,10,13-14,16-17H,2-5,7-9,11-12,22H2,1H3,(H,23,25,27)/t14-,16-,17-,20-,34-/m1/s1. The molecule has 5 rings (SSSR count). The minimum absolute atomic E-state index is 0.000612. The SMILES string of the molecule is C[C@@]1(N)[C@@H]2O[P@](=O)(OCCC3(C(=O)OC4CCCC4)CC3)OC[C@H]2O[C@H]1n1ccc(=O)[nH]c1=O. The molecule has 0 aromatic carbocycles. The lowest BCUT2D eigenvalue weighted by molar-refractivity contribution is -0.156. The number of H-pyrrole nitrogens is 1. The van der Waals surface area contributed by atoms with Gasteiger partial charge in [0, 0.05) is 12.3 Å². The Morgan fingerprint density at radius 2 is 2.06 bits per heavy atom. The first-order chi connectivity index (χ1) is 16.1. The Morgan fingerprint density at radius 3 is 2.74 bits per heavy atom. The number of phosphoric ester groups is 1. The first-order valence-electron chi connectivity index (χ1n) is 11.7. The van der Waals surface area contributed by atoms with E-state index < -0.39 is 48.5 Å². The van der Waals surface area contributed by atoms with E-state index in [1.807, 2.05) is 0 Å². The van der Waals surface area contributed by atoms with E-state index >= 15 is 0 Å². The molecule has 1 aromatic heterocycles. The minimum atomic E-state index is -3.98. The zero-order valence-electron chi connectivity index (χ0n) is 19.0. The van der Waals surface area contributed by atoms with Gasteiger partial charge >= 0.3 is 19.5 Å². The topological polar surface area (TPSA) is 161 Å². The molecule has 0 radical (unpaired) electrons. The van der Waals surface area contributed by atoms with E-state index in [1.54, 1.807) is 6.92 Å². The van der Waals surface area contributed by atoms with Gasteiger partial charge in [0.2, 0.25) is 0 Å². The summed E-state index contributed by atoms with van der Waals surface area (Å²) in [5.41, 5.74) is 3.36. The van der Waals surface area contributed by atoms with Crippen LogP contribution >= 0.6 is 7.82 Å². The number of carbonyl (C=O) groups excluding carboxylic acids is 1. The van der Waals surface area contributed by atoms with Crippen molar-refractivity contribution in [2.24, 2.45) is 11.1 Å². The lowest BCUT2D eigenvalue weighted by Crippen LogP contribution is -2.55. The summed E-state index contributed by atoms with van der Waals surface area (Å²) in [6.07, 6.45) is 4.46. The fourth-order valence-electron chi connectivity index (χ4n) is 4.95. The second-order valence-electron chi connectivity index (χ2n) is 9.85. The van der Waals surface area contributed by atoms with Gasteiger partial charge in [0.25, 0.3) is 5.56 Å². The van der Waals surface area contributed by atoms with Crippen molar-refractivity contribution in [3.63, 3.8) is 0 Å². The van der Waals surface area contributed by atoms with Gasteiger partial charge in [0.15, 0.2) is 6.23 Å². The van der Waals surface area contributed by atoms with Crippen LogP contribution in [0.5, 0.6) is 0 Å². The summed E-state index contributed by atoms with van der Waals surface area (Å²) in [6, 6.07) is 1.18. The van der Waals surface area contributed by atoms with Crippen LogP contribution < -0.4 is 17.0 Å². The van der Waals surface area contributed by atoms with Gasteiger partial charge in [-0.2, -0.15) is 0 Å². The Kier molecular flexibility index (Phi) is 6.11. The number of nitrogens with two attached hydrogens (primary N) is 1. The van der Waals surface area contributed by atoms with Crippen molar-refractivity contribution in [1.82, 2.24) is 9.55 Å². The Morgan fingerprint density at radius 1 is 1.32 bits per heavy atom.